The van der Waals surface area contributed by atoms with E-state index in [0.717, 1.165) is 29.1 Å². The molecule has 2 N–H and O–H groups in total. The van der Waals surface area contributed by atoms with Gasteiger partial charge in [0.05, 0.1) is 18.9 Å². The Bertz CT molecular complexity index is 1150. The van der Waals surface area contributed by atoms with Crippen molar-refractivity contribution in [3.8, 4) is 10.7 Å². The van der Waals surface area contributed by atoms with Crippen molar-refractivity contribution in [1.82, 2.24) is 30.8 Å². The Balaban J connectivity index is 1.44. The lowest BCUT2D eigenvalue weighted by Crippen LogP contribution is -2.58. The molecule has 2 amide bonds. The summed E-state index contributed by atoms with van der Waals surface area (Å²) >= 11 is 1.53. The molecule has 9 nitrogen and oxygen atoms in total. The first-order valence-electron chi connectivity index (χ1n) is 11.3. The molecule has 0 spiro atoms. The van der Waals surface area contributed by atoms with Crippen LogP contribution in [0.25, 0.3) is 10.7 Å². The van der Waals surface area contributed by atoms with Crippen LogP contribution >= 0.6 is 11.3 Å². The van der Waals surface area contributed by atoms with E-state index in [9.17, 15) is 9.18 Å². The van der Waals surface area contributed by atoms with Crippen LogP contribution in [0.5, 0.6) is 0 Å². The van der Waals surface area contributed by atoms with Crippen molar-refractivity contribution < 1.29 is 13.9 Å². The quantitative estimate of drug-likeness (QED) is 0.555. The summed E-state index contributed by atoms with van der Waals surface area (Å²) in [7, 11) is 0. The van der Waals surface area contributed by atoms with Gasteiger partial charge in [-0.1, -0.05) is 6.42 Å². The summed E-state index contributed by atoms with van der Waals surface area (Å²) in [5.41, 5.74) is 0.450. The first kappa shape index (κ1) is 22.8. The second kappa shape index (κ2) is 9.69. The highest BCUT2D eigenvalue weighted by Gasteiger charge is 2.45. The van der Waals surface area contributed by atoms with E-state index in [-0.39, 0.29) is 24.6 Å². The van der Waals surface area contributed by atoms with Gasteiger partial charge >= 0.3 is 6.03 Å². The Morgan fingerprint density at radius 1 is 1.32 bits per heavy atom. The van der Waals surface area contributed by atoms with Gasteiger partial charge in [-0.2, -0.15) is 0 Å². The number of amides is 2. The van der Waals surface area contributed by atoms with E-state index in [0.29, 0.717) is 37.0 Å². The Kier molecular flexibility index (Phi) is 6.48. The monoisotopic (exact) mass is 483 g/mol. The third-order valence-electron chi connectivity index (χ3n) is 6.26. The average molecular weight is 484 g/mol. The highest BCUT2D eigenvalue weighted by Crippen LogP contribution is 2.45. The summed E-state index contributed by atoms with van der Waals surface area (Å²) in [6.07, 6.45) is 5.47. The number of hydrogen-bond acceptors (Lipinski definition) is 8. The number of halogens is 1. The molecule has 0 aromatic carbocycles. The number of thiazole rings is 1. The zero-order valence-corrected chi connectivity index (χ0v) is 19.6. The lowest BCUT2D eigenvalue weighted by molar-refractivity contribution is 0.0692. The van der Waals surface area contributed by atoms with E-state index in [1.807, 2.05) is 6.92 Å². The fraction of sp³-hybridized carbons (Fsp3) is 0.435. The summed E-state index contributed by atoms with van der Waals surface area (Å²) in [4.78, 5) is 24.7. The number of morpholine rings is 1. The summed E-state index contributed by atoms with van der Waals surface area (Å²) in [5, 5.41) is 15.6. The molecule has 0 bridgehead atoms. The van der Waals surface area contributed by atoms with Gasteiger partial charge in [0.15, 0.2) is 5.82 Å². The number of nitrogens with zero attached hydrogens (tertiary/aromatic N) is 5. The summed E-state index contributed by atoms with van der Waals surface area (Å²) in [6.45, 7) is 3.84. The third-order valence-corrected chi connectivity index (χ3v) is 7.20. The number of carbonyl (C=O) groups excluding carboxylic acids is 1. The molecule has 1 aliphatic heterocycles. The molecule has 178 valence electrons. The lowest BCUT2D eigenvalue weighted by Gasteiger charge is -2.44. The minimum atomic E-state index is -0.577. The minimum Gasteiger partial charge on any atom is -0.377 e. The van der Waals surface area contributed by atoms with E-state index in [1.54, 1.807) is 30.6 Å². The van der Waals surface area contributed by atoms with Crippen molar-refractivity contribution in [3.05, 3.63) is 53.0 Å². The predicted molar refractivity (Wildman–Crippen MR) is 126 cm³/mol. The molecule has 2 fully saturated rings. The van der Waals surface area contributed by atoms with E-state index < -0.39 is 5.41 Å². The van der Waals surface area contributed by atoms with Crippen LogP contribution in [-0.4, -0.2) is 58.7 Å². The van der Waals surface area contributed by atoms with Gasteiger partial charge in [-0.05, 0) is 44.0 Å². The smallest absolute Gasteiger partial charge is 0.324 e. The number of pyridine rings is 1. The summed E-state index contributed by atoms with van der Waals surface area (Å²) in [5.74, 6) is 0.0272. The molecule has 1 saturated carbocycles. The fourth-order valence-corrected chi connectivity index (χ4v) is 5.08. The number of hydrogen-bond donors (Lipinski definition) is 2. The van der Waals surface area contributed by atoms with Crippen LogP contribution in [0, 0.1) is 12.7 Å². The molecule has 34 heavy (non-hydrogen) atoms. The molecule has 0 unspecified atom stereocenters. The van der Waals surface area contributed by atoms with Gasteiger partial charge in [-0.15, -0.1) is 21.5 Å². The molecule has 1 atom stereocenters. The molecule has 1 saturated heterocycles. The molecule has 3 aromatic rings. The van der Waals surface area contributed by atoms with Gasteiger partial charge in [0.1, 0.15) is 22.7 Å². The maximum atomic E-state index is 14.7. The van der Waals surface area contributed by atoms with Crippen molar-refractivity contribution in [3.63, 3.8) is 0 Å². The van der Waals surface area contributed by atoms with Gasteiger partial charge in [0, 0.05) is 35.8 Å². The van der Waals surface area contributed by atoms with E-state index in [1.165, 1.54) is 22.3 Å². The molecule has 11 heteroatoms. The molecule has 1 aliphatic carbocycles. The first-order valence-corrected chi connectivity index (χ1v) is 12.1. The van der Waals surface area contributed by atoms with E-state index in [2.05, 4.69) is 30.8 Å². The number of aryl methyl sites for hydroxylation is 1. The van der Waals surface area contributed by atoms with Crippen molar-refractivity contribution in [2.75, 3.05) is 31.2 Å². The molecular formula is C23H26FN7O2S. The standard InChI is InChI=1S/C23H26FN7O2S/c1-15-12-27-21(34-15)17-5-6-19(30-29-17)31(22(32)28-18-13-33-11-10-25-18)14-23(7-3-8-23)20-16(24)4-2-9-26-20/h2,4-6,9,12,18,25H,3,7-8,10-11,13-14H2,1H3,(H,28,32)/t18-/m0/s1. The predicted octanol–water partition coefficient (Wildman–Crippen LogP) is 3.03. The van der Waals surface area contributed by atoms with Crippen LogP contribution in [0.4, 0.5) is 15.0 Å². The van der Waals surface area contributed by atoms with Gasteiger partial charge < -0.3 is 10.1 Å². The molecule has 3 aromatic heterocycles. The lowest BCUT2D eigenvalue weighted by atomic mass is 9.66. The van der Waals surface area contributed by atoms with Gasteiger partial charge in [-0.3, -0.25) is 15.2 Å². The third kappa shape index (κ3) is 4.63. The highest BCUT2D eigenvalue weighted by molar-refractivity contribution is 7.14. The van der Waals surface area contributed by atoms with Gasteiger partial charge in [0.2, 0.25) is 0 Å². The van der Waals surface area contributed by atoms with Crippen LogP contribution in [0.1, 0.15) is 29.8 Å². The number of rotatable bonds is 6. The molecule has 5 rings (SSSR count). The topological polar surface area (TPSA) is 105 Å². The van der Waals surface area contributed by atoms with Crippen molar-refractivity contribution >= 4 is 23.2 Å². The Morgan fingerprint density at radius 3 is 2.82 bits per heavy atom. The number of urea groups is 1. The van der Waals surface area contributed by atoms with Crippen LogP contribution in [0.2, 0.25) is 0 Å². The molecular weight excluding hydrogens is 457 g/mol. The van der Waals surface area contributed by atoms with Crippen LogP contribution in [0.3, 0.4) is 0 Å². The maximum absolute atomic E-state index is 14.7. The number of anilines is 1. The zero-order chi connectivity index (χ0) is 23.5. The second-order valence-electron chi connectivity index (χ2n) is 8.64. The number of aromatic nitrogens is 4. The normalized spacial score (nSPS) is 19.3. The van der Waals surface area contributed by atoms with Crippen LogP contribution in [0.15, 0.2) is 36.7 Å². The number of carbonyl (C=O) groups is 1. The highest BCUT2D eigenvalue weighted by atomic mass is 32.1. The fourth-order valence-electron chi connectivity index (χ4n) is 4.35. The minimum absolute atomic E-state index is 0.241. The average Bonchev–Trinajstić information content (AvgIpc) is 3.26. The van der Waals surface area contributed by atoms with Crippen molar-refractivity contribution in [2.45, 2.75) is 37.8 Å². The van der Waals surface area contributed by atoms with E-state index in [4.69, 9.17) is 4.74 Å². The largest absolute Gasteiger partial charge is 0.377 e. The first-order chi connectivity index (χ1) is 16.5. The van der Waals surface area contributed by atoms with Crippen molar-refractivity contribution in [2.24, 2.45) is 0 Å². The van der Waals surface area contributed by atoms with Crippen LogP contribution < -0.4 is 15.5 Å². The molecule has 0 radical (unpaired) electrons. The van der Waals surface area contributed by atoms with Gasteiger partial charge in [0.25, 0.3) is 0 Å². The molecule has 4 heterocycles. The van der Waals surface area contributed by atoms with E-state index >= 15 is 0 Å². The number of ether oxygens (including phenoxy) is 1. The number of nitrogens with one attached hydrogen (secondary N) is 2. The summed E-state index contributed by atoms with van der Waals surface area (Å²) < 4.78 is 20.2. The zero-order valence-electron chi connectivity index (χ0n) is 18.8. The van der Waals surface area contributed by atoms with Gasteiger partial charge in [-0.25, -0.2) is 14.2 Å². The maximum Gasteiger partial charge on any atom is 0.324 e. The molecule has 2 aliphatic rings. The second-order valence-corrected chi connectivity index (χ2v) is 9.87. The Labute approximate surface area is 200 Å². The Hall–Kier alpha value is -3.02. The SMILES string of the molecule is Cc1cnc(-c2ccc(N(CC3(c4ncccc4F)CCC3)C(=O)N[C@H]3COCCN3)nn2)s1. The summed E-state index contributed by atoms with van der Waals surface area (Å²) in [6, 6.07) is 6.20. The van der Waals surface area contributed by atoms with Crippen molar-refractivity contribution in [1.29, 1.82) is 0 Å². The van der Waals surface area contributed by atoms with Crippen LogP contribution in [-0.2, 0) is 10.2 Å². The Morgan fingerprint density at radius 2 is 2.21 bits per heavy atom.